The first-order valence-corrected chi connectivity index (χ1v) is 8.29. The summed E-state index contributed by atoms with van der Waals surface area (Å²) in [5, 5.41) is 8.29. The van der Waals surface area contributed by atoms with Crippen molar-refractivity contribution in [1.82, 2.24) is 19.7 Å². The molecule has 0 aliphatic rings. The van der Waals surface area contributed by atoms with Crippen LogP contribution in [0.3, 0.4) is 0 Å². The highest BCUT2D eigenvalue weighted by Gasteiger charge is 2.04. The summed E-state index contributed by atoms with van der Waals surface area (Å²) < 4.78 is 4.90. The van der Waals surface area contributed by atoms with Gasteiger partial charge in [-0.25, -0.2) is 0 Å². The lowest BCUT2D eigenvalue weighted by atomic mass is 10.2. The molecule has 114 valence electrons. The number of rotatable bonds is 6. The van der Waals surface area contributed by atoms with Gasteiger partial charge in [-0.3, -0.25) is 9.48 Å². The first-order chi connectivity index (χ1) is 10.7. The number of aryl methyl sites for hydroxylation is 1. The number of aromatic nitrogens is 3. The van der Waals surface area contributed by atoms with Crippen LogP contribution in [0.4, 0.5) is 0 Å². The average Bonchev–Trinajstić information content (AvgIpc) is 3.10. The van der Waals surface area contributed by atoms with Crippen LogP contribution >= 0.6 is 22.6 Å². The normalized spacial score (nSPS) is 11.0. The number of carbonyl (C=O) groups is 1. The maximum atomic E-state index is 11.8. The van der Waals surface area contributed by atoms with E-state index in [1.54, 1.807) is 10.9 Å². The fourth-order valence-corrected chi connectivity index (χ4v) is 2.89. The standard InChI is InChI=1S/C16H17IN4O/c17-14-10-19-21(11-14)12-16(22)18-7-3-8-20-9-6-13-4-1-2-5-15(13)20/h1-2,4-6,9-11H,3,7-8,12H2,(H,18,22). The molecule has 0 bridgehead atoms. The summed E-state index contributed by atoms with van der Waals surface area (Å²) >= 11 is 2.18. The van der Waals surface area contributed by atoms with Crippen molar-refractivity contribution in [1.29, 1.82) is 0 Å². The predicted octanol–water partition coefficient (Wildman–Crippen LogP) is 2.65. The molecule has 0 aliphatic heterocycles. The molecule has 0 radical (unpaired) electrons. The number of carbonyl (C=O) groups excluding carboxylic acids is 1. The molecule has 1 N–H and O–H groups in total. The fraction of sp³-hybridized carbons (Fsp3) is 0.250. The van der Waals surface area contributed by atoms with E-state index in [1.807, 2.05) is 18.3 Å². The van der Waals surface area contributed by atoms with E-state index in [4.69, 9.17) is 0 Å². The van der Waals surface area contributed by atoms with Crippen LogP contribution in [0.25, 0.3) is 10.9 Å². The first-order valence-electron chi connectivity index (χ1n) is 7.21. The Morgan fingerprint density at radius 2 is 2.14 bits per heavy atom. The molecule has 0 saturated heterocycles. The highest BCUT2D eigenvalue weighted by Crippen LogP contribution is 2.15. The Hall–Kier alpha value is -1.83. The van der Waals surface area contributed by atoms with Gasteiger partial charge in [0.2, 0.25) is 5.91 Å². The van der Waals surface area contributed by atoms with Crippen molar-refractivity contribution >= 4 is 39.4 Å². The monoisotopic (exact) mass is 408 g/mol. The Morgan fingerprint density at radius 1 is 1.27 bits per heavy atom. The molecule has 1 amide bonds. The molecule has 0 saturated carbocycles. The van der Waals surface area contributed by atoms with E-state index in [0.717, 1.165) is 16.5 Å². The summed E-state index contributed by atoms with van der Waals surface area (Å²) in [6.45, 7) is 1.84. The average molecular weight is 408 g/mol. The van der Waals surface area contributed by atoms with Crippen molar-refractivity contribution in [2.24, 2.45) is 0 Å². The van der Waals surface area contributed by atoms with E-state index in [-0.39, 0.29) is 12.5 Å². The molecule has 22 heavy (non-hydrogen) atoms. The quantitative estimate of drug-likeness (QED) is 0.504. The van der Waals surface area contributed by atoms with Crippen LogP contribution in [0, 0.1) is 3.57 Å². The molecule has 0 fully saturated rings. The van der Waals surface area contributed by atoms with Gasteiger partial charge in [0, 0.05) is 31.0 Å². The zero-order chi connectivity index (χ0) is 15.4. The smallest absolute Gasteiger partial charge is 0.241 e. The Balaban J connectivity index is 1.44. The molecule has 0 unspecified atom stereocenters. The predicted molar refractivity (Wildman–Crippen MR) is 94.5 cm³/mol. The van der Waals surface area contributed by atoms with Gasteiger partial charge < -0.3 is 9.88 Å². The summed E-state index contributed by atoms with van der Waals surface area (Å²) in [5.41, 5.74) is 1.24. The second-order valence-electron chi connectivity index (χ2n) is 5.13. The summed E-state index contributed by atoms with van der Waals surface area (Å²) in [7, 11) is 0. The summed E-state index contributed by atoms with van der Waals surface area (Å²) in [6, 6.07) is 10.4. The van der Waals surface area contributed by atoms with Crippen LogP contribution in [0.15, 0.2) is 48.9 Å². The number of hydrogen-bond donors (Lipinski definition) is 1. The molecule has 5 nitrogen and oxygen atoms in total. The van der Waals surface area contributed by atoms with Gasteiger partial charge in [-0.1, -0.05) is 18.2 Å². The van der Waals surface area contributed by atoms with Crippen LogP contribution in [-0.4, -0.2) is 26.8 Å². The van der Waals surface area contributed by atoms with E-state index < -0.39 is 0 Å². The molecular formula is C16H17IN4O. The van der Waals surface area contributed by atoms with E-state index in [2.05, 4.69) is 62.0 Å². The lowest BCUT2D eigenvalue weighted by Crippen LogP contribution is -2.29. The van der Waals surface area contributed by atoms with Gasteiger partial charge in [0.25, 0.3) is 0 Å². The molecule has 2 heterocycles. The highest BCUT2D eigenvalue weighted by atomic mass is 127. The lowest BCUT2D eigenvalue weighted by molar-refractivity contribution is -0.121. The first kappa shape index (κ1) is 15.1. The van der Waals surface area contributed by atoms with Crippen molar-refractivity contribution < 1.29 is 4.79 Å². The minimum atomic E-state index is -0.00290. The van der Waals surface area contributed by atoms with E-state index in [9.17, 15) is 4.79 Å². The van der Waals surface area contributed by atoms with Crippen LogP contribution in [0.5, 0.6) is 0 Å². The van der Waals surface area contributed by atoms with Gasteiger partial charge in [0.15, 0.2) is 0 Å². The SMILES string of the molecule is O=C(Cn1cc(I)cn1)NCCCn1ccc2ccccc21. The second kappa shape index (κ2) is 6.95. The Kier molecular flexibility index (Phi) is 4.77. The number of fused-ring (bicyclic) bond motifs is 1. The fourth-order valence-electron chi connectivity index (χ4n) is 2.44. The third kappa shape index (κ3) is 3.68. The van der Waals surface area contributed by atoms with Crippen molar-refractivity contribution in [2.45, 2.75) is 19.5 Å². The van der Waals surface area contributed by atoms with Gasteiger partial charge in [-0.05, 0) is 46.5 Å². The van der Waals surface area contributed by atoms with E-state index >= 15 is 0 Å². The van der Waals surface area contributed by atoms with Gasteiger partial charge in [-0.2, -0.15) is 5.10 Å². The number of nitrogens with zero attached hydrogens (tertiary/aromatic N) is 3. The zero-order valence-electron chi connectivity index (χ0n) is 12.1. The minimum Gasteiger partial charge on any atom is -0.354 e. The van der Waals surface area contributed by atoms with Crippen LogP contribution < -0.4 is 5.32 Å². The number of hydrogen-bond acceptors (Lipinski definition) is 2. The second-order valence-corrected chi connectivity index (χ2v) is 6.37. The Morgan fingerprint density at radius 3 is 2.95 bits per heavy atom. The molecule has 6 heteroatoms. The Bertz CT molecular complexity index is 777. The van der Waals surface area contributed by atoms with E-state index in [0.29, 0.717) is 6.54 Å². The van der Waals surface area contributed by atoms with E-state index in [1.165, 1.54) is 10.9 Å². The molecule has 2 aromatic heterocycles. The molecule has 0 aliphatic carbocycles. The highest BCUT2D eigenvalue weighted by molar-refractivity contribution is 14.1. The number of para-hydroxylation sites is 1. The number of halogens is 1. The molecule has 3 rings (SSSR count). The molecular weight excluding hydrogens is 391 g/mol. The van der Waals surface area contributed by atoms with Crippen LogP contribution in [-0.2, 0) is 17.9 Å². The van der Waals surface area contributed by atoms with Crippen molar-refractivity contribution in [3.05, 3.63) is 52.5 Å². The Labute approximate surface area is 142 Å². The molecule has 0 spiro atoms. The maximum absolute atomic E-state index is 11.8. The van der Waals surface area contributed by atoms with Crippen LogP contribution in [0.1, 0.15) is 6.42 Å². The summed E-state index contributed by atoms with van der Waals surface area (Å²) in [4.78, 5) is 11.8. The minimum absolute atomic E-state index is 0.00290. The van der Waals surface area contributed by atoms with Gasteiger partial charge >= 0.3 is 0 Å². The molecule has 0 atom stereocenters. The van der Waals surface area contributed by atoms with Gasteiger partial charge in [0.1, 0.15) is 6.54 Å². The maximum Gasteiger partial charge on any atom is 0.241 e. The van der Waals surface area contributed by atoms with Crippen molar-refractivity contribution in [2.75, 3.05) is 6.54 Å². The number of nitrogens with one attached hydrogen (secondary N) is 1. The molecule has 3 aromatic rings. The molecule has 1 aromatic carbocycles. The van der Waals surface area contributed by atoms with Crippen molar-refractivity contribution in [3.8, 4) is 0 Å². The van der Waals surface area contributed by atoms with Crippen LogP contribution in [0.2, 0.25) is 0 Å². The summed E-state index contributed by atoms with van der Waals surface area (Å²) in [5.74, 6) is -0.00290. The topological polar surface area (TPSA) is 51.9 Å². The summed E-state index contributed by atoms with van der Waals surface area (Å²) in [6.07, 6.45) is 6.59. The van der Waals surface area contributed by atoms with Gasteiger partial charge in [0.05, 0.1) is 9.77 Å². The third-order valence-electron chi connectivity index (χ3n) is 3.49. The zero-order valence-corrected chi connectivity index (χ0v) is 14.2. The largest absolute Gasteiger partial charge is 0.354 e. The third-order valence-corrected chi connectivity index (χ3v) is 4.04. The van der Waals surface area contributed by atoms with Gasteiger partial charge in [-0.15, -0.1) is 0 Å². The van der Waals surface area contributed by atoms with Crippen molar-refractivity contribution in [3.63, 3.8) is 0 Å². The number of amides is 1. The lowest BCUT2D eigenvalue weighted by Gasteiger charge is -2.07. The number of benzene rings is 1.